The molecule has 0 amide bonds. The van der Waals surface area contributed by atoms with E-state index in [0.29, 0.717) is 5.89 Å². The summed E-state index contributed by atoms with van der Waals surface area (Å²) >= 11 is 0. The lowest BCUT2D eigenvalue weighted by molar-refractivity contribution is 0.414. The molecule has 0 fully saturated rings. The van der Waals surface area contributed by atoms with E-state index in [0.717, 1.165) is 48.9 Å². The number of hydrogen-bond acceptors (Lipinski definition) is 4. The van der Waals surface area contributed by atoms with Crippen molar-refractivity contribution >= 4 is 29.9 Å². The topological polar surface area (TPSA) is 71.7 Å². The van der Waals surface area contributed by atoms with Crippen LogP contribution in [0, 0.1) is 6.92 Å². The molecule has 2 N–H and O–H groups in total. The van der Waals surface area contributed by atoms with Crippen LogP contribution in [-0.4, -0.2) is 38.2 Å². The van der Waals surface area contributed by atoms with Crippen molar-refractivity contribution in [3.63, 3.8) is 0 Å². The van der Waals surface area contributed by atoms with Crippen molar-refractivity contribution in [2.45, 2.75) is 19.8 Å². The molecule has 1 heterocycles. The van der Waals surface area contributed by atoms with Crippen molar-refractivity contribution in [1.82, 2.24) is 15.6 Å². The van der Waals surface area contributed by atoms with Gasteiger partial charge in [0.2, 0.25) is 5.89 Å². The molecule has 0 radical (unpaired) electrons. The second-order valence-electron chi connectivity index (χ2n) is 6.78. The number of hydrogen-bond donors (Lipinski definition) is 2. The summed E-state index contributed by atoms with van der Waals surface area (Å²) in [7, 11) is 3.45. The van der Waals surface area contributed by atoms with E-state index in [1.165, 1.54) is 11.1 Å². The van der Waals surface area contributed by atoms with Gasteiger partial charge in [0.15, 0.2) is 5.96 Å². The van der Waals surface area contributed by atoms with E-state index in [2.05, 4.69) is 51.8 Å². The summed E-state index contributed by atoms with van der Waals surface area (Å²) < 4.78 is 10.8. The lowest BCUT2D eigenvalue weighted by Crippen LogP contribution is -2.39. The maximum absolute atomic E-state index is 5.61. The van der Waals surface area contributed by atoms with Gasteiger partial charge in [0.1, 0.15) is 12.0 Å². The van der Waals surface area contributed by atoms with E-state index >= 15 is 0 Å². The number of aromatic nitrogens is 1. The monoisotopic (exact) mass is 520 g/mol. The molecule has 0 aliphatic rings. The Balaban J connectivity index is 0.00000320. The van der Waals surface area contributed by atoms with Gasteiger partial charge in [-0.2, -0.15) is 0 Å². The second-order valence-corrected chi connectivity index (χ2v) is 6.78. The number of ether oxygens (including phenoxy) is 1. The zero-order chi connectivity index (χ0) is 20.5. The highest BCUT2D eigenvalue weighted by Gasteiger charge is 2.07. The molecular weight excluding hydrogens is 491 g/mol. The Kier molecular flexibility index (Phi) is 9.66. The Morgan fingerprint density at radius 1 is 1.00 bits per heavy atom. The van der Waals surface area contributed by atoms with E-state index in [1.807, 2.05) is 24.3 Å². The zero-order valence-electron chi connectivity index (χ0n) is 17.6. The van der Waals surface area contributed by atoms with Gasteiger partial charge >= 0.3 is 0 Å². The fourth-order valence-electron chi connectivity index (χ4n) is 2.90. The normalized spacial score (nSPS) is 11.0. The maximum Gasteiger partial charge on any atom is 0.226 e. The molecule has 30 heavy (non-hydrogen) atoms. The Bertz CT molecular complexity index is 921. The highest BCUT2D eigenvalue weighted by atomic mass is 127. The molecule has 160 valence electrons. The molecule has 0 bridgehead atoms. The first-order valence-electron chi connectivity index (χ1n) is 9.77. The van der Waals surface area contributed by atoms with Crippen LogP contribution in [0.5, 0.6) is 5.75 Å². The number of benzene rings is 2. The number of aliphatic imine (C=N–C) groups is 1. The van der Waals surface area contributed by atoms with E-state index in [9.17, 15) is 0 Å². The summed E-state index contributed by atoms with van der Waals surface area (Å²) in [6.45, 7) is 3.59. The highest BCUT2D eigenvalue weighted by Crippen LogP contribution is 2.19. The number of oxazole rings is 1. The molecule has 0 saturated carbocycles. The van der Waals surface area contributed by atoms with Crippen LogP contribution < -0.4 is 15.4 Å². The summed E-state index contributed by atoms with van der Waals surface area (Å²) in [5, 5.41) is 6.65. The SMILES string of the molecule is CN=C(NCCc1ccc(OC)cc1)NCCc1coc(-c2ccc(C)cc2)n1.I. The Hall–Kier alpha value is -2.55. The summed E-state index contributed by atoms with van der Waals surface area (Å²) in [6.07, 6.45) is 3.39. The minimum atomic E-state index is 0. The predicted octanol–water partition coefficient (Wildman–Crippen LogP) is 4.23. The summed E-state index contributed by atoms with van der Waals surface area (Å²) in [5.74, 6) is 2.31. The average Bonchev–Trinajstić information content (AvgIpc) is 3.22. The highest BCUT2D eigenvalue weighted by molar-refractivity contribution is 14.0. The van der Waals surface area contributed by atoms with Gasteiger partial charge in [-0.3, -0.25) is 4.99 Å². The molecule has 0 unspecified atom stereocenters. The molecule has 0 atom stereocenters. The zero-order valence-corrected chi connectivity index (χ0v) is 20.0. The molecule has 0 aliphatic heterocycles. The van der Waals surface area contributed by atoms with Crippen molar-refractivity contribution in [3.8, 4) is 17.2 Å². The van der Waals surface area contributed by atoms with Crippen molar-refractivity contribution in [1.29, 1.82) is 0 Å². The fourth-order valence-corrected chi connectivity index (χ4v) is 2.90. The second kappa shape index (κ2) is 12.2. The van der Waals surface area contributed by atoms with Gasteiger partial charge in [-0.05, 0) is 43.2 Å². The molecule has 1 aromatic heterocycles. The first-order valence-corrected chi connectivity index (χ1v) is 9.77. The van der Waals surface area contributed by atoms with Crippen LogP contribution in [0.15, 0.2) is 64.2 Å². The maximum atomic E-state index is 5.61. The fraction of sp³-hybridized carbons (Fsp3) is 0.304. The predicted molar refractivity (Wildman–Crippen MR) is 132 cm³/mol. The van der Waals surface area contributed by atoms with Crippen LogP contribution in [0.3, 0.4) is 0 Å². The summed E-state index contributed by atoms with van der Waals surface area (Å²) in [5.41, 5.74) is 4.38. The largest absolute Gasteiger partial charge is 0.497 e. The number of aryl methyl sites for hydroxylation is 1. The first-order chi connectivity index (χ1) is 14.2. The van der Waals surface area contributed by atoms with Gasteiger partial charge in [-0.15, -0.1) is 24.0 Å². The number of nitrogens with zero attached hydrogens (tertiary/aromatic N) is 2. The van der Waals surface area contributed by atoms with Crippen molar-refractivity contribution in [2.24, 2.45) is 4.99 Å². The van der Waals surface area contributed by atoms with Crippen molar-refractivity contribution in [2.75, 3.05) is 27.2 Å². The standard InChI is InChI=1S/C23H28N4O2.HI/c1-17-4-8-19(9-5-17)22-27-20(16-29-22)13-15-26-23(24-2)25-14-12-18-6-10-21(28-3)11-7-18;/h4-11,16H,12-15H2,1-3H3,(H2,24,25,26);1H. The molecule has 2 aromatic carbocycles. The molecule has 0 spiro atoms. The van der Waals surface area contributed by atoms with E-state index in [-0.39, 0.29) is 24.0 Å². The van der Waals surface area contributed by atoms with Crippen molar-refractivity contribution in [3.05, 3.63) is 71.6 Å². The van der Waals surface area contributed by atoms with Crippen LogP contribution in [-0.2, 0) is 12.8 Å². The van der Waals surface area contributed by atoms with Crippen LogP contribution >= 0.6 is 24.0 Å². The van der Waals surface area contributed by atoms with E-state index in [4.69, 9.17) is 9.15 Å². The van der Waals surface area contributed by atoms with Crippen LogP contribution in [0.2, 0.25) is 0 Å². The number of rotatable bonds is 8. The van der Waals surface area contributed by atoms with E-state index in [1.54, 1.807) is 20.4 Å². The summed E-state index contributed by atoms with van der Waals surface area (Å²) in [4.78, 5) is 8.84. The minimum Gasteiger partial charge on any atom is -0.497 e. The molecule has 6 nitrogen and oxygen atoms in total. The lowest BCUT2D eigenvalue weighted by Gasteiger charge is -2.11. The van der Waals surface area contributed by atoms with Crippen molar-refractivity contribution < 1.29 is 9.15 Å². The van der Waals surface area contributed by atoms with E-state index < -0.39 is 0 Å². The molecule has 3 rings (SSSR count). The van der Waals surface area contributed by atoms with Gasteiger partial charge in [-0.1, -0.05) is 29.8 Å². The smallest absolute Gasteiger partial charge is 0.226 e. The van der Waals surface area contributed by atoms with Gasteiger partial charge < -0.3 is 19.8 Å². The van der Waals surface area contributed by atoms with Gasteiger partial charge in [0.25, 0.3) is 0 Å². The molecule has 3 aromatic rings. The first kappa shape index (κ1) is 23.7. The van der Waals surface area contributed by atoms with Gasteiger partial charge in [0, 0.05) is 32.1 Å². The number of guanidine groups is 1. The minimum absolute atomic E-state index is 0. The summed E-state index contributed by atoms with van der Waals surface area (Å²) in [6, 6.07) is 16.3. The molecule has 7 heteroatoms. The third-order valence-corrected chi connectivity index (χ3v) is 4.61. The van der Waals surface area contributed by atoms with Crippen LogP contribution in [0.4, 0.5) is 0 Å². The Labute approximate surface area is 195 Å². The van der Waals surface area contributed by atoms with Crippen LogP contribution in [0.1, 0.15) is 16.8 Å². The Morgan fingerprint density at radius 2 is 1.67 bits per heavy atom. The molecule has 0 saturated heterocycles. The van der Waals surface area contributed by atoms with Gasteiger partial charge in [0.05, 0.1) is 12.8 Å². The number of methoxy groups -OCH3 is 1. The van der Waals surface area contributed by atoms with Crippen LogP contribution in [0.25, 0.3) is 11.5 Å². The third kappa shape index (κ3) is 7.05. The molecule has 0 aliphatic carbocycles. The Morgan fingerprint density at radius 3 is 2.30 bits per heavy atom. The van der Waals surface area contributed by atoms with Gasteiger partial charge in [-0.25, -0.2) is 4.98 Å². The lowest BCUT2D eigenvalue weighted by atomic mass is 10.1. The number of halogens is 1. The molecular formula is C23H29IN4O2. The quantitative estimate of drug-likeness (QED) is 0.264. The average molecular weight is 520 g/mol. The third-order valence-electron chi connectivity index (χ3n) is 4.61. The number of nitrogens with one attached hydrogen (secondary N) is 2.